The van der Waals surface area contributed by atoms with E-state index in [1.165, 1.54) is 128 Å². The summed E-state index contributed by atoms with van der Waals surface area (Å²) in [7, 11) is -6.57. The first-order valence-electron chi connectivity index (χ1n) is 17.8. The Morgan fingerprint density at radius 3 is 1.35 bits per heavy atom. The number of hydroxylamine groups is 1. The maximum atomic E-state index is 13.2. The van der Waals surface area contributed by atoms with Gasteiger partial charge in [-0.25, -0.2) is 28.2 Å². The van der Waals surface area contributed by atoms with Gasteiger partial charge in [0.25, 0.3) is 5.91 Å². The first-order chi connectivity index (χ1) is 28.2. The monoisotopic (exact) mass is 910 g/mol. The van der Waals surface area contributed by atoms with Crippen LogP contribution >= 0.6 is 23.5 Å². The first kappa shape index (κ1) is 48.0. The number of carbonyl (C=O) groups excluding carboxylic acids is 1. The van der Waals surface area contributed by atoms with Crippen LogP contribution in [0.3, 0.4) is 0 Å². The Hall–Kier alpha value is -4.72. The number of nitrogens with one attached hydrogen (secondary N) is 1. The predicted molar refractivity (Wildman–Crippen MR) is 221 cm³/mol. The number of carbonyl (C=O) groups is 2. The molecule has 2 aliphatic heterocycles. The van der Waals surface area contributed by atoms with E-state index in [2.05, 4.69) is 10.7 Å². The molecule has 0 unspecified atom stereocenters. The fourth-order valence-electron chi connectivity index (χ4n) is 6.19. The Bertz CT molecular complexity index is 2280. The van der Waals surface area contributed by atoms with E-state index in [-0.39, 0.29) is 22.9 Å². The van der Waals surface area contributed by atoms with Crippen molar-refractivity contribution in [1.82, 2.24) is 14.1 Å². The van der Waals surface area contributed by atoms with Crippen LogP contribution in [0, 0.1) is 10.4 Å². The zero-order valence-electron chi connectivity index (χ0n) is 33.1. The lowest BCUT2D eigenvalue weighted by atomic mass is 10.0. The van der Waals surface area contributed by atoms with Crippen LogP contribution in [0.1, 0.15) is 27.7 Å². The van der Waals surface area contributed by atoms with Crippen molar-refractivity contribution in [2.45, 2.75) is 59.1 Å². The summed E-state index contributed by atoms with van der Waals surface area (Å²) in [4.78, 5) is 27.8. The van der Waals surface area contributed by atoms with Gasteiger partial charge in [0.05, 0.1) is 16.9 Å². The molecule has 23 heteroatoms. The molecular formula is C37H46N6O13S4. The smallest absolute Gasteiger partial charge is 0.323 e. The van der Waals surface area contributed by atoms with Crippen molar-refractivity contribution in [1.29, 1.82) is 0 Å². The Morgan fingerprint density at radius 2 is 1.02 bits per heavy atom. The average molecular weight is 911 g/mol. The third kappa shape index (κ3) is 11.8. The van der Waals surface area contributed by atoms with E-state index in [9.17, 15) is 41.9 Å². The molecule has 2 atom stereocenters. The number of rotatable bonds is 10. The van der Waals surface area contributed by atoms with Crippen LogP contribution in [0.5, 0.6) is 23.0 Å². The highest BCUT2D eigenvalue weighted by Gasteiger charge is 2.49. The fraction of sp³-hybridized carbons (Fsp3) is 0.351. The van der Waals surface area contributed by atoms with Gasteiger partial charge in [-0.3, -0.25) is 14.8 Å². The Labute approximate surface area is 356 Å². The number of aliphatic carboxylic acids is 1. The summed E-state index contributed by atoms with van der Waals surface area (Å²) in [6.45, 7) is 7.28. The maximum Gasteiger partial charge on any atom is 0.323 e. The Morgan fingerprint density at radius 1 is 0.700 bits per heavy atom. The quantitative estimate of drug-likeness (QED) is 0.0771. The van der Waals surface area contributed by atoms with Gasteiger partial charge in [-0.2, -0.15) is 41.6 Å². The molecule has 2 fully saturated rings. The van der Waals surface area contributed by atoms with Crippen molar-refractivity contribution in [3.05, 3.63) is 108 Å². The van der Waals surface area contributed by atoms with Crippen LogP contribution in [-0.4, -0.2) is 101 Å². The zero-order chi connectivity index (χ0) is 44.5. The van der Waals surface area contributed by atoms with Gasteiger partial charge in [0.2, 0.25) is 20.0 Å². The summed E-state index contributed by atoms with van der Waals surface area (Å²) in [6.07, 6.45) is 5.15. The Balaban J connectivity index is 0.000000249. The second kappa shape index (κ2) is 20.2. The molecule has 2 aliphatic rings. The summed E-state index contributed by atoms with van der Waals surface area (Å²) >= 11 is 2.92. The number of amides is 1. The molecule has 6 rings (SSSR count). The van der Waals surface area contributed by atoms with Crippen molar-refractivity contribution in [2.75, 3.05) is 31.7 Å². The summed E-state index contributed by atoms with van der Waals surface area (Å²) in [6, 6.07) is 15.3. The summed E-state index contributed by atoms with van der Waals surface area (Å²) in [5.41, 5.74) is 1.58. The summed E-state index contributed by atoms with van der Waals surface area (Å²) in [5.74, 6) is 5.11. The van der Waals surface area contributed by atoms with Gasteiger partial charge in [-0.1, -0.05) is 0 Å². The van der Waals surface area contributed by atoms with Gasteiger partial charge in [0.15, 0.2) is 24.8 Å². The minimum Gasteiger partial charge on any atom is -0.619 e. The van der Waals surface area contributed by atoms with Crippen LogP contribution in [0.15, 0.2) is 107 Å². The maximum absolute atomic E-state index is 13.2. The number of nitrogens with zero attached hydrogens (tertiary/aromatic N) is 4. The van der Waals surface area contributed by atoms with Crippen LogP contribution in [0.4, 0.5) is 0 Å². The highest BCUT2D eigenvalue weighted by molar-refractivity contribution is 8.01. The topological polar surface area (TPSA) is 269 Å². The third-order valence-corrected chi connectivity index (χ3v) is 15.4. The molecule has 5 N–H and O–H groups in total. The molecule has 4 heterocycles. The molecule has 1 amide bonds. The Kier molecular flexibility index (Phi) is 16.2. The van der Waals surface area contributed by atoms with Crippen LogP contribution in [0.2, 0.25) is 0 Å². The summed E-state index contributed by atoms with van der Waals surface area (Å²) in [5, 5.41) is 40.8. The van der Waals surface area contributed by atoms with Crippen molar-refractivity contribution in [3.8, 4) is 23.0 Å². The summed E-state index contributed by atoms with van der Waals surface area (Å²) < 4.78 is 65.7. The van der Waals surface area contributed by atoms with E-state index in [1.54, 1.807) is 33.2 Å². The number of aromatic nitrogens is 2. The highest BCUT2D eigenvalue weighted by Crippen LogP contribution is 2.40. The van der Waals surface area contributed by atoms with Crippen molar-refractivity contribution in [3.63, 3.8) is 0 Å². The molecule has 0 radical (unpaired) electrons. The molecule has 2 aromatic carbocycles. The van der Waals surface area contributed by atoms with E-state index < -0.39 is 53.5 Å². The van der Waals surface area contributed by atoms with Crippen molar-refractivity contribution in [2.24, 2.45) is 5.90 Å². The lowest BCUT2D eigenvalue weighted by molar-refractivity contribution is -0.605. The van der Waals surface area contributed by atoms with Gasteiger partial charge >= 0.3 is 5.97 Å². The number of ether oxygens (including phenoxy) is 2. The van der Waals surface area contributed by atoms with Gasteiger partial charge in [0.1, 0.15) is 35.1 Å². The molecule has 2 saturated heterocycles. The minimum absolute atomic E-state index is 0.000684. The van der Waals surface area contributed by atoms with E-state index >= 15 is 0 Å². The SMILES string of the molecule is CC1(C)SCCN(S(=O)(=O)c2ccc(Oc3cc[n+]([O-])cc3)cc2)[C@H]1C(=O)NO.CC1(C)SCCN(S(=O)(=O)c2ccc(Oc3cc[n+]([O-])cc3)cc2)[C@H]1C(=O)O.CON. The van der Waals surface area contributed by atoms with Crippen molar-refractivity contribution < 1.29 is 60.5 Å². The number of thioether (sulfide) groups is 2. The van der Waals surface area contributed by atoms with Crippen molar-refractivity contribution >= 4 is 55.4 Å². The minimum atomic E-state index is -3.98. The number of pyridine rings is 2. The number of carboxylic acid groups (broad SMARTS) is 1. The highest BCUT2D eigenvalue weighted by atomic mass is 32.2. The van der Waals surface area contributed by atoms with Crippen LogP contribution < -0.4 is 30.3 Å². The molecule has 2 aromatic heterocycles. The molecule has 0 spiro atoms. The number of hydrogen-bond acceptors (Lipinski definition) is 15. The largest absolute Gasteiger partial charge is 0.619 e. The van der Waals surface area contributed by atoms with Crippen LogP contribution in [-0.2, 0) is 34.5 Å². The van der Waals surface area contributed by atoms with E-state index in [0.29, 0.717) is 44.0 Å². The number of sulfonamides is 2. The molecular weight excluding hydrogens is 865 g/mol. The fourth-order valence-corrected chi connectivity index (χ4v) is 12.4. The number of benzene rings is 2. The average Bonchev–Trinajstić information content (AvgIpc) is 3.19. The van der Waals surface area contributed by atoms with E-state index in [1.807, 2.05) is 0 Å². The third-order valence-electron chi connectivity index (χ3n) is 8.93. The normalized spacial score (nSPS) is 19.0. The number of hydrogen-bond donors (Lipinski definition) is 4. The molecule has 0 bridgehead atoms. The van der Waals surface area contributed by atoms with Crippen LogP contribution in [0.25, 0.3) is 0 Å². The first-order valence-corrected chi connectivity index (χ1v) is 22.7. The van der Waals surface area contributed by atoms with Gasteiger partial charge in [-0.15, -0.1) is 0 Å². The second-order valence-corrected chi connectivity index (χ2v) is 21.2. The molecule has 0 aliphatic carbocycles. The molecule has 0 saturated carbocycles. The van der Waals surface area contributed by atoms with Gasteiger partial charge in [0, 0.05) is 58.4 Å². The number of nitrogens with two attached hydrogens (primary N) is 1. The van der Waals surface area contributed by atoms with E-state index in [4.69, 9.17) is 14.7 Å². The predicted octanol–water partition coefficient (Wildman–Crippen LogP) is 3.09. The number of carboxylic acids is 1. The molecule has 326 valence electrons. The standard InChI is InChI=1S/C18H21N3O6S2.C18H20N2O6S2.CH5NO/c1-18(2)16(17(22)19-23)21(11-12-28-18)29(25,26)15-5-3-13(4-6-15)27-14-7-9-20(24)10-8-14;1-18(2)16(17(21)22)20(11-12-27-18)28(24,25)15-5-3-13(4-6-15)26-14-7-9-19(23)10-8-14;1-3-2/h3-10,16,23H,11-12H2,1-2H3,(H,19,22);3-10,16H,11-12H2,1-2H3,(H,21,22);2H2,1H3/t2*16-;/m00./s1. The van der Waals surface area contributed by atoms with E-state index in [0.717, 1.165) is 8.61 Å². The zero-order valence-corrected chi connectivity index (χ0v) is 36.4. The second-order valence-electron chi connectivity index (χ2n) is 13.9. The lowest BCUT2D eigenvalue weighted by Gasteiger charge is -2.43. The lowest BCUT2D eigenvalue weighted by Crippen LogP contribution is -2.61. The van der Waals surface area contributed by atoms with Gasteiger partial charge in [-0.05, 0) is 76.2 Å². The molecule has 19 nitrogen and oxygen atoms in total. The van der Waals surface area contributed by atoms with Gasteiger partial charge < -0.3 is 29.8 Å². The molecule has 4 aromatic rings. The molecule has 60 heavy (non-hydrogen) atoms.